The Morgan fingerprint density at radius 1 is 1.10 bits per heavy atom. The number of hydrogen-bond donors (Lipinski definition) is 1. The molecule has 0 aliphatic heterocycles. The molecule has 0 saturated carbocycles. The van der Waals surface area contributed by atoms with Gasteiger partial charge < -0.3 is 14.5 Å². The predicted molar refractivity (Wildman–Crippen MR) is 153 cm³/mol. The number of para-hydroxylation sites is 1. The Morgan fingerprint density at radius 2 is 1.85 bits per heavy atom. The zero-order chi connectivity index (χ0) is 28.1. The molecule has 3 heterocycles. The molecule has 0 radical (unpaired) electrons. The van der Waals surface area contributed by atoms with Gasteiger partial charge in [0.2, 0.25) is 0 Å². The van der Waals surface area contributed by atoms with E-state index < -0.39 is 11.6 Å². The molecule has 8 nitrogen and oxygen atoms in total. The molecule has 0 aliphatic rings. The highest BCUT2D eigenvalue weighted by molar-refractivity contribution is 5.96. The van der Waals surface area contributed by atoms with Crippen molar-refractivity contribution in [3.05, 3.63) is 87.2 Å². The van der Waals surface area contributed by atoms with E-state index in [0.29, 0.717) is 39.2 Å². The van der Waals surface area contributed by atoms with Gasteiger partial charge in [-0.25, -0.2) is 9.78 Å². The van der Waals surface area contributed by atoms with Crippen molar-refractivity contribution < 1.29 is 13.9 Å². The van der Waals surface area contributed by atoms with Gasteiger partial charge in [0.1, 0.15) is 22.4 Å². The summed E-state index contributed by atoms with van der Waals surface area (Å²) in [5.41, 5.74) is 5.21. The summed E-state index contributed by atoms with van der Waals surface area (Å²) in [6, 6.07) is 14.5. The minimum Gasteiger partial charge on any atom is -0.456 e. The van der Waals surface area contributed by atoms with E-state index >= 15 is 0 Å². The fourth-order valence-corrected chi connectivity index (χ4v) is 4.73. The maximum atomic E-state index is 13.6. The molecule has 5 rings (SSSR count). The van der Waals surface area contributed by atoms with Gasteiger partial charge in [0.15, 0.2) is 11.2 Å². The van der Waals surface area contributed by atoms with Crippen LogP contribution in [0.25, 0.3) is 33.5 Å². The smallest absolute Gasteiger partial charge is 0.340 e. The molecule has 0 saturated heterocycles. The first kappa shape index (κ1) is 26.2. The highest BCUT2D eigenvalue weighted by Gasteiger charge is 2.23. The molecule has 5 aromatic rings. The standard InChI is InChI=1S/C31H32N4O4/c1-17-14-21(19(3)33-23-11-9-8-10-20(23)30(37)39-31(4,5)6)29-22(15-17)27(36)18(2)28(38-29)24-12-13-26-25(34-24)16-32-35(26)7/h8-16,19,33H,1-7H3. The Labute approximate surface area is 226 Å². The fourth-order valence-electron chi connectivity index (χ4n) is 4.73. The van der Waals surface area contributed by atoms with Crippen LogP contribution in [0.3, 0.4) is 0 Å². The molecule has 2 aromatic carbocycles. The maximum Gasteiger partial charge on any atom is 0.340 e. The number of fused-ring (bicyclic) bond motifs is 2. The van der Waals surface area contributed by atoms with Crippen molar-refractivity contribution >= 4 is 33.7 Å². The van der Waals surface area contributed by atoms with Crippen molar-refractivity contribution in [3.63, 3.8) is 0 Å². The number of nitrogens with one attached hydrogen (secondary N) is 1. The first-order chi connectivity index (χ1) is 18.4. The van der Waals surface area contributed by atoms with Crippen LogP contribution >= 0.6 is 0 Å². The number of anilines is 1. The molecule has 200 valence electrons. The molecule has 39 heavy (non-hydrogen) atoms. The largest absolute Gasteiger partial charge is 0.456 e. The molecule has 0 fully saturated rings. The van der Waals surface area contributed by atoms with Crippen molar-refractivity contribution in [2.24, 2.45) is 7.05 Å². The van der Waals surface area contributed by atoms with Crippen LogP contribution in [-0.2, 0) is 11.8 Å². The zero-order valence-electron chi connectivity index (χ0n) is 23.2. The summed E-state index contributed by atoms with van der Waals surface area (Å²) in [6.45, 7) is 11.2. The first-order valence-corrected chi connectivity index (χ1v) is 12.9. The predicted octanol–water partition coefficient (Wildman–Crippen LogP) is 6.49. The van der Waals surface area contributed by atoms with Gasteiger partial charge in [-0.2, -0.15) is 5.10 Å². The third kappa shape index (κ3) is 5.02. The van der Waals surface area contributed by atoms with Crippen molar-refractivity contribution in [2.75, 3.05) is 5.32 Å². The van der Waals surface area contributed by atoms with Gasteiger partial charge in [0, 0.05) is 23.9 Å². The minimum absolute atomic E-state index is 0.106. The molecule has 8 heteroatoms. The first-order valence-electron chi connectivity index (χ1n) is 12.9. The molecular formula is C31H32N4O4. The van der Waals surface area contributed by atoms with Gasteiger partial charge in [-0.1, -0.05) is 18.2 Å². The molecular weight excluding hydrogens is 492 g/mol. The van der Waals surface area contributed by atoms with Crippen LogP contribution in [0.5, 0.6) is 0 Å². The Balaban J connectivity index is 1.61. The highest BCUT2D eigenvalue weighted by Crippen LogP contribution is 2.33. The van der Waals surface area contributed by atoms with E-state index in [-0.39, 0.29) is 11.5 Å². The number of carbonyl (C=O) groups is 1. The van der Waals surface area contributed by atoms with E-state index in [0.717, 1.165) is 22.2 Å². The molecule has 0 aliphatic carbocycles. The zero-order valence-corrected chi connectivity index (χ0v) is 23.2. The normalized spacial score (nSPS) is 12.6. The van der Waals surface area contributed by atoms with Crippen molar-refractivity contribution in [1.82, 2.24) is 14.8 Å². The minimum atomic E-state index is -0.618. The van der Waals surface area contributed by atoms with Gasteiger partial charge in [-0.3, -0.25) is 9.48 Å². The van der Waals surface area contributed by atoms with Crippen LogP contribution in [0, 0.1) is 13.8 Å². The van der Waals surface area contributed by atoms with Gasteiger partial charge in [-0.15, -0.1) is 0 Å². The third-order valence-corrected chi connectivity index (χ3v) is 6.61. The van der Waals surface area contributed by atoms with Gasteiger partial charge >= 0.3 is 5.97 Å². The summed E-state index contributed by atoms with van der Waals surface area (Å²) in [6.07, 6.45) is 1.69. The number of benzene rings is 2. The monoisotopic (exact) mass is 524 g/mol. The summed E-state index contributed by atoms with van der Waals surface area (Å²) >= 11 is 0. The van der Waals surface area contributed by atoms with E-state index in [1.807, 2.05) is 78.1 Å². The Bertz CT molecular complexity index is 1790. The van der Waals surface area contributed by atoms with Crippen LogP contribution in [0.1, 0.15) is 60.8 Å². The van der Waals surface area contributed by atoms with Gasteiger partial charge in [0.25, 0.3) is 0 Å². The molecule has 3 aromatic heterocycles. The summed E-state index contributed by atoms with van der Waals surface area (Å²) < 4.78 is 13.8. The van der Waals surface area contributed by atoms with Crippen LogP contribution in [0.2, 0.25) is 0 Å². The second-order valence-electron chi connectivity index (χ2n) is 10.9. The van der Waals surface area contributed by atoms with Crippen LogP contribution in [0.4, 0.5) is 5.69 Å². The van der Waals surface area contributed by atoms with E-state index in [1.54, 1.807) is 29.9 Å². The number of aromatic nitrogens is 3. The van der Waals surface area contributed by atoms with E-state index in [2.05, 4.69) is 10.4 Å². The SMILES string of the molecule is Cc1cc(C(C)Nc2ccccc2C(=O)OC(C)(C)C)c2oc(-c3ccc4c(cnn4C)n3)c(C)c(=O)c2c1. The lowest BCUT2D eigenvalue weighted by molar-refractivity contribution is 0.00706. The number of hydrogen-bond acceptors (Lipinski definition) is 7. The van der Waals surface area contributed by atoms with E-state index in [1.165, 1.54) is 0 Å². The number of nitrogens with zero attached hydrogens (tertiary/aromatic N) is 3. The molecule has 1 atom stereocenters. The molecule has 0 bridgehead atoms. The highest BCUT2D eigenvalue weighted by atomic mass is 16.6. The topological polar surface area (TPSA) is 99.2 Å². The van der Waals surface area contributed by atoms with Crippen LogP contribution in [0.15, 0.2) is 63.9 Å². The summed E-state index contributed by atoms with van der Waals surface area (Å²) in [5.74, 6) is 0.0120. The second kappa shape index (κ2) is 9.69. The van der Waals surface area contributed by atoms with Crippen molar-refractivity contribution in [1.29, 1.82) is 0 Å². The van der Waals surface area contributed by atoms with Crippen molar-refractivity contribution in [2.45, 2.75) is 53.2 Å². The quantitative estimate of drug-likeness (QED) is 0.262. The Morgan fingerprint density at radius 3 is 2.59 bits per heavy atom. The molecule has 0 spiro atoms. The maximum absolute atomic E-state index is 13.6. The second-order valence-corrected chi connectivity index (χ2v) is 10.9. The van der Waals surface area contributed by atoms with E-state index in [4.69, 9.17) is 14.1 Å². The number of pyridine rings is 1. The van der Waals surface area contributed by atoms with Gasteiger partial charge in [0.05, 0.1) is 28.7 Å². The number of aryl methyl sites for hydroxylation is 2. The number of ether oxygens (including phenoxy) is 1. The average Bonchev–Trinajstić information content (AvgIpc) is 3.25. The Hall–Kier alpha value is -4.46. The lowest BCUT2D eigenvalue weighted by Crippen LogP contribution is -2.24. The summed E-state index contributed by atoms with van der Waals surface area (Å²) in [5, 5.41) is 8.21. The van der Waals surface area contributed by atoms with Crippen LogP contribution < -0.4 is 10.7 Å². The van der Waals surface area contributed by atoms with E-state index in [9.17, 15) is 9.59 Å². The lowest BCUT2D eigenvalue weighted by Gasteiger charge is -2.23. The Kier molecular flexibility index (Phi) is 6.50. The lowest BCUT2D eigenvalue weighted by atomic mass is 9.99. The summed E-state index contributed by atoms with van der Waals surface area (Å²) in [7, 11) is 1.86. The van der Waals surface area contributed by atoms with Gasteiger partial charge in [-0.05, 0) is 77.4 Å². The number of esters is 1. The number of carbonyl (C=O) groups excluding carboxylic acids is 1. The molecule has 1 unspecified atom stereocenters. The summed E-state index contributed by atoms with van der Waals surface area (Å²) in [4.78, 5) is 31.2. The number of rotatable bonds is 5. The third-order valence-electron chi connectivity index (χ3n) is 6.61. The average molecular weight is 525 g/mol. The molecule has 1 N–H and O–H groups in total. The van der Waals surface area contributed by atoms with Crippen LogP contribution in [-0.4, -0.2) is 26.3 Å². The fraction of sp³-hybridized carbons (Fsp3) is 0.290. The van der Waals surface area contributed by atoms with Crippen molar-refractivity contribution in [3.8, 4) is 11.5 Å². The molecule has 0 amide bonds.